The zero-order valence-corrected chi connectivity index (χ0v) is 5.73. The van der Waals surface area contributed by atoms with E-state index >= 15 is 0 Å². The predicted molar refractivity (Wildman–Crippen MR) is 36.1 cm³/mol. The van der Waals surface area contributed by atoms with Gasteiger partial charge in [-0.05, 0) is 6.92 Å². The van der Waals surface area contributed by atoms with Crippen molar-refractivity contribution in [2.75, 3.05) is 5.73 Å². The van der Waals surface area contributed by atoms with Gasteiger partial charge in [0.05, 0.1) is 18.8 Å². The first-order valence-electron chi connectivity index (χ1n) is 3.02. The molecule has 1 rings (SSSR count). The highest BCUT2D eigenvalue weighted by Gasteiger charge is 1.99. The maximum absolute atomic E-state index is 8.87. The molecule has 1 atom stereocenters. The molecule has 0 saturated heterocycles. The van der Waals surface area contributed by atoms with Crippen molar-refractivity contribution in [2.24, 2.45) is 0 Å². The summed E-state index contributed by atoms with van der Waals surface area (Å²) >= 11 is 0. The van der Waals surface area contributed by atoms with Gasteiger partial charge in [-0.15, -0.1) is 5.10 Å². The van der Waals surface area contributed by atoms with Gasteiger partial charge in [-0.2, -0.15) is 9.90 Å². The summed E-state index contributed by atoms with van der Waals surface area (Å²) < 4.78 is 0. The summed E-state index contributed by atoms with van der Waals surface area (Å²) in [7, 11) is 0. The van der Waals surface area contributed by atoms with E-state index in [-0.39, 0.29) is 0 Å². The number of nitrogen functional groups attached to an aromatic ring is 1. The Balaban J connectivity index is 2.58. The van der Waals surface area contributed by atoms with E-state index in [9.17, 15) is 0 Å². The number of anilines is 1. The summed E-state index contributed by atoms with van der Waals surface area (Å²) in [6.07, 6.45) is 1.01. The molecular formula is C5H10N4O. The van der Waals surface area contributed by atoms with Crippen LogP contribution in [0.15, 0.2) is 6.20 Å². The van der Waals surface area contributed by atoms with Crippen LogP contribution in [-0.2, 0) is 6.54 Å². The van der Waals surface area contributed by atoms with Crippen LogP contribution in [0.5, 0.6) is 0 Å². The average molecular weight is 142 g/mol. The predicted octanol–water partition coefficient (Wildman–Crippen LogP) is -0.759. The van der Waals surface area contributed by atoms with E-state index in [0.717, 1.165) is 0 Å². The van der Waals surface area contributed by atoms with Crippen LogP contribution >= 0.6 is 0 Å². The van der Waals surface area contributed by atoms with E-state index in [2.05, 4.69) is 10.2 Å². The second-order valence-electron chi connectivity index (χ2n) is 2.17. The van der Waals surface area contributed by atoms with Crippen molar-refractivity contribution in [3.63, 3.8) is 0 Å². The topological polar surface area (TPSA) is 77.0 Å². The maximum Gasteiger partial charge on any atom is 0.165 e. The van der Waals surface area contributed by atoms with Gasteiger partial charge in [0.2, 0.25) is 0 Å². The van der Waals surface area contributed by atoms with E-state index in [1.54, 1.807) is 6.92 Å². The molecule has 0 aliphatic heterocycles. The third-order valence-corrected chi connectivity index (χ3v) is 0.982. The van der Waals surface area contributed by atoms with Gasteiger partial charge in [0.15, 0.2) is 5.82 Å². The molecule has 0 aromatic carbocycles. The fourth-order valence-corrected chi connectivity index (χ4v) is 0.635. The van der Waals surface area contributed by atoms with Gasteiger partial charge in [-0.1, -0.05) is 0 Å². The lowest BCUT2D eigenvalue weighted by Gasteiger charge is -2.00. The van der Waals surface area contributed by atoms with Crippen LogP contribution in [0.4, 0.5) is 5.82 Å². The second kappa shape index (κ2) is 2.66. The van der Waals surface area contributed by atoms with Gasteiger partial charge >= 0.3 is 0 Å². The Kier molecular flexibility index (Phi) is 1.86. The average Bonchev–Trinajstić information content (AvgIpc) is 2.13. The number of hydrogen-bond donors (Lipinski definition) is 2. The third-order valence-electron chi connectivity index (χ3n) is 0.982. The SMILES string of the molecule is CC(O)Cn1ncc(N)n1. The first-order chi connectivity index (χ1) is 4.68. The van der Waals surface area contributed by atoms with Crippen LogP contribution in [0, 0.1) is 0 Å². The molecule has 0 aliphatic rings. The van der Waals surface area contributed by atoms with Crippen LogP contribution in [0.25, 0.3) is 0 Å². The minimum Gasteiger partial charge on any atom is -0.391 e. The molecule has 1 unspecified atom stereocenters. The van der Waals surface area contributed by atoms with E-state index in [0.29, 0.717) is 12.4 Å². The van der Waals surface area contributed by atoms with Crippen LogP contribution in [-0.4, -0.2) is 26.2 Å². The maximum atomic E-state index is 8.87. The molecular weight excluding hydrogens is 132 g/mol. The Hall–Kier alpha value is -1.10. The quantitative estimate of drug-likeness (QED) is 0.569. The Labute approximate surface area is 58.5 Å². The molecule has 0 saturated carbocycles. The zero-order chi connectivity index (χ0) is 7.56. The summed E-state index contributed by atoms with van der Waals surface area (Å²) in [5.74, 6) is 0.376. The summed E-state index contributed by atoms with van der Waals surface area (Å²) in [5.41, 5.74) is 5.28. The van der Waals surface area contributed by atoms with Crippen molar-refractivity contribution >= 4 is 5.82 Å². The molecule has 1 aromatic rings. The molecule has 0 fully saturated rings. The van der Waals surface area contributed by atoms with E-state index in [1.807, 2.05) is 0 Å². The van der Waals surface area contributed by atoms with E-state index < -0.39 is 6.10 Å². The monoisotopic (exact) mass is 142 g/mol. The van der Waals surface area contributed by atoms with Crippen LogP contribution in [0.2, 0.25) is 0 Å². The molecule has 0 bridgehead atoms. The fraction of sp³-hybridized carbons (Fsp3) is 0.600. The number of aliphatic hydroxyl groups is 1. The Morgan fingerprint density at radius 1 is 1.90 bits per heavy atom. The molecule has 5 nitrogen and oxygen atoms in total. The second-order valence-corrected chi connectivity index (χ2v) is 2.17. The molecule has 3 N–H and O–H groups in total. The van der Waals surface area contributed by atoms with Crippen molar-refractivity contribution in [3.05, 3.63) is 6.20 Å². The lowest BCUT2D eigenvalue weighted by atomic mass is 10.4. The first-order valence-corrected chi connectivity index (χ1v) is 3.02. The van der Waals surface area contributed by atoms with Crippen LogP contribution in [0.3, 0.4) is 0 Å². The Bertz CT molecular complexity index is 207. The van der Waals surface area contributed by atoms with Gasteiger partial charge in [0.25, 0.3) is 0 Å². The Morgan fingerprint density at radius 2 is 2.60 bits per heavy atom. The summed E-state index contributed by atoms with van der Waals surface area (Å²) in [6.45, 7) is 2.05. The van der Waals surface area contributed by atoms with Gasteiger partial charge in [0, 0.05) is 0 Å². The number of aliphatic hydroxyl groups excluding tert-OH is 1. The zero-order valence-electron chi connectivity index (χ0n) is 5.73. The van der Waals surface area contributed by atoms with Gasteiger partial charge in [-0.3, -0.25) is 0 Å². The van der Waals surface area contributed by atoms with Gasteiger partial charge < -0.3 is 10.8 Å². The number of hydrogen-bond acceptors (Lipinski definition) is 4. The van der Waals surface area contributed by atoms with Crippen molar-refractivity contribution in [2.45, 2.75) is 19.6 Å². The van der Waals surface area contributed by atoms with Crippen LogP contribution in [0.1, 0.15) is 6.92 Å². The molecule has 5 heteroatoms. The molecule has 0 radical (unpaired) electrons. The highest BCUT2D eigenvalue weighted by Crippen LogP contribution is 1.92. The van der Waals surface area contributed by atoms with Gasteiger partial charge in [-0.25, -0.2) is 0 Å². The molecule has 0 amide bonds. The highest BCUT2D eigenvalue weighted by atomic mass is 16.3. The minimum atomic E-state index is -0.438. The Morgan fingerprint density at radius 3 is 3.00 bits per heavy atom. The first kappa shape index (κ1) is 7.01. The lowest BCUT2D eigenvalue weighted by Crippen LogP contribution is -2.14. The fourth-order valence-electron chi connectivity index (χ4n) is 0.635. The molecule has 1 aromatic heterocycles. The molecule has 0 aliphatic carbocycles. The van der Waals surface area contributed by atoms with E-state index in [1.165, 1.54) is 11.0 Å². The summed E-state index contributed by atoms with van der Waals surface area (Å²) in [4.78, 5) is 1.36. The van der Waals surface area contributed by atoms with Gasteiger partial charge in [0.1, 0.15) is 0 Å². The van der Waals surface area contributed by atoms with Crippen LogP contribution < -0.4 is 5.73 Å². The van der Waals surface area contributed by atoms with Crippen molar-refractivity contribution in [3.8, 4) is 0 Å². The smallest absolute Gasteiger partial charge is 0.165 e. The number of nitrogens with two attached hydrogens (primary N) is 1. The standard InChI is InChI=1S/C5H10N4O/c1-4(10)3-9-7-2-5(6)8-9/h2,4,10H,3H2,1H3,(H2,6,8). The molecule has 0 spiro atoms. The number of nitrogens with zero attached hydrogens (tertiary/aromatic N) is 3. The number of rotatable bonds is 2. The van der Waals surface area contributed by atoms with Crippen molar-refractivity contribution in [1.29, 1.82) is 0 Å². The van der Waals surface area contributed by atoms with Crippen molar-refractivity contribution < 1.29 is 5.11 Å². The highest BCUT2D eigenvalue weighted by molar-refractivity contribution is 5.19. The third kappa shape index (κ3) is 1.70. The molecule has 1 heterocycles. The molecule has 10 heavy (non-hydrogen) atoms. The minimum absolute atomic E-state index is 0.376. The summed E-state index contributed by atoms with van der Waals surface area (Å²) in [6, 6.07) is 0. The molecule has 56 valence electrons. The van der Waals surface area contributed by atoms with Crippen molar-refractivity contribution in [1.82, 2.24) is 15.0 Å². The normalized spacial score (nSPS) is 13.4. The largest absolute Gasteiger partial charge is 0.391 e. The van der Waals surface area contributed by atoms with E-state index in [4.69, 9.17) is 10.8 Å². The number of aromatic nitrogens is 3. The lowest BCUT2D eigenvalue weighted by molar-refractivity contribution is 0.162. The summed E-state index contributed by atoms with van der Waals surface area (Å²) in [5, 5.41) is 16.4.